The van der Waals surface area contributed by atoms with Crippen molar-refractivity contribution in [2.45, 2.75) is 25.9 Å². The Bertz CT molecular complexity index is 1090. The van der Waals surface area contributed by atoms with Gasteiger partial charge in [-0.3, -0.25) is 19.4 Å². The predicted octanol–water partition coefficient (Wildman–Crippen LogP) is 3.03. The molecule has 4 rings (SSSR count). The van der Waals surface area contributed by atoms with Crippen LogP contribution in [0.1, 0.15) is 11.1 Å². The molecule has 2 heterocycles. The summed E-state index contributed by atoms with van der Waals surface area (Å²) in [6.07, 6.45) is 0. The van der Waals surface area contributed by atoms with E-state index < -0.39 is 35.6 Å². The highest BCUT2D eigenvalue weighted by Crippen LogP contribution is 2.33. The lowest BCUT2D eigenvalue weighted by atomic mass is 10.1. The second kappa shape index (κ2) is 7.49. The molecule has 1 N–H and O–H groups in total. The lowest BCUT2D eigenvalue weighted by Crippen LogP contribution is -2.43. The maximum absolute atomic E-state index is 13.4. The van der Waals surface area contributed by atoms with Crippen molar-refractivity contribution in [1.29, 1.82) is 0 Å². The van der Waals surface area contributed by atoms with E-state index in [1.165, 1.54) is 17.1 Å². The second-order valence-corrected chi connectivity index (χ2v) is 7.63. The predicted molar refractivity (Wildman–Crippen MR) is 108 cm³/mol. The first-order chi connectivity index (χ1) is 14.2. The van der Waals surface area contributed by atoms with Gasteiger partial charge in [0.15, 0.2) is 12.1 Å². The van der Waals surface area contributed by atoms with Gasteiger partial charge in [-0.2, -0.15) is 5.11 Å². The number of amides is 3. The topological polar surface area (TPSA) is 94.4 Å². The SMILES string of the molecule is Cc1cc(C)cc(NC(=O)CN2N=N[C@@H]3C(=O)N(c4ccc(F)c(Cl)c4)C(=O)[C@@H]32)c1. The van der Waals surface area contributed by atoms with Crippen LogP contribution in [0.5, 0.6) is 0 Å². The van der Waals surface area contributed by atoms with E-state index in [4.69, 9.17) is 11.6 Å². The number of fused-ring (bicyclic) bond motifs is 1. The number of nitrogens with one attached hydrogen (secondary N) is 1. The van der Waals surface area contributed by atoms with Crippen molar-refractivity contribution in [3.63, 3.8) is 0 Å². The summed E-state index contributed by atoms with van der Waals surface area (Å²) in [6.45, 7) is 3.58. The molecule has 0 aromatic heterocycles. The number of carbonyl (C=O) groups is 3. The van der Waals surface area contributed by atoms with E-state index in [0.29, 0.717) is 5.69 Å². The van der Waals surface area contributed by atoms with E-state index in [0.717, 1.165) is 22.1 Å². The van der Waals surface area contributed by atoms with Crippen molar-refractivity contribution in [2.24, 2.45) is 10.3 Å². The first-order valence-corrected chi connectivity index (χ1v) is 9.51. The Morgan fingerprint density at radius 2 is 1.83 bits per heavy atom. The Morgan fingerprint density at radius 3 is 2.50 bits per heavy atom. The van der Waals surface area contributed by atoms with E-state index in [1.807, 2.05) is 32.0 Å². The van der Waals surface area contributed by atoms with Crippen LogP contribution in [0.4, 0.5) is 15.8 Å². The van der Waals surface area contributed by atoms with Gasteiger partial charge in [0, 0.05) is 5.69 Å². The maximum Gasteiger partial charge on any atom is 0.263 e. The molecule has 0 bridgehead atoms. The molecular weight excluding hydrogens is 413 g/mol. The van der Waals surface area contributed by atoms with Crippen molar-refractivity contribution in [3.05, 3.63) is 58.4 Å². The second-order valence-electron chi connectivity index (χ2n) is 7.23. The molecule has 0 aliphatic carbocycles. The van der Waals surface area contributed by atoms with Crippen LogP contribution in [0.25, 0.3) is 0 Å². The number of rotatable bonds is 4. The number of hydrogen-bond acceptors (Lipinski definition) is 6. The van der Waals surface area contributed by atoms with Crippen LogP contribution >= 0.6 is 11.6 Å². The van der Waals surface area contributed by atoms with Crippen molar-refractivity contribution in [3.8, 4) is 0 Å². The molecule has 0 radical (unpaired) electrons. The number of hydrogen-bond donors (Lipinski definition) is 1. The highest BCUT2D eigenvalue weighted by Gasteiger charge is 2.55. The highest BCUT2D eigenvalue weighted by molar-refractivity contribution is 6.32. The number of nitrogens with zero attached hydrogens (tertiary/aromatic N) is 4. The molecule has 1 saturated heterocycles. The molecular formula is C20H17ClFN5O3. The lowest BCUT2D eigenvalue weighted by molar-refractivity contribution is -0.123. The Labute approximate surface area is 176 Å². The van der Waals surface area contributed by atoms with Gasteiger partial charge in [-0.25, -0.2) is 9.29 Å². The van der Waals surface area contributed by atoms with E-state index in [9.17, 15) is 18.8 Å². The zero-order valence-electron chi connectivity index (χ0n) is 16.1. The normalized spacial score (nSPS) is 20.1. The first kappa shape index (κ1) is 20.0. The molecule has 2 aromatic rings. The zero-order valence-corrected chi connectivity index (χ0v) is 16.9. The van der Waals surface area contributed by atoms with Crippen LogP contribution in [0, 0.1) is 19.7 Å². The minimum Gasteiger partial charge on any atom is -0.324 e. The summed E-state index contributed by atoms with van der Waals surface area (Å²) in [6, 6.07) is 7.08. The summed E-state index contributed by atoms with van der Waals surface area (Å²) in [5, 5.41) is 11.4. The fraction of sp³-hybridized carbons (Fsp3) is 0.250. The maximum atomic E-state index is 13.4. The molecule has 3 amide bonds. The number of aryl methyl sites for hydroxylation is 2. The number of carbonyl (C=O) groups excluding carboxylic acids is 3. The summed E-state index contributed by atoms with van der Waals surface area (Å²) in [4.78, 5) is 39.0. The van der Waals surface area contributed by atoms with Gasteiger partial charge in [-0.15, -0.1) is 0 Å². The van der Waals surface area contributed by atoms with Crippen molar-refractivity contribution < 1.29 is 18.8 Å². The molecule has 8 nitrogen and oxygen atoms in total. The lowest BCUT2D eigenvalue weighted by Gasteiger charge is -2.20. The minimum atomic E-state index is -1.06. The van der Waals surface area contributed by atoms with Gasteiger partial charge >= 0.3 is 0 Å². The Hall–Kier alpha value is -3.33. The summed E-state index contributed by atoms with van der Waals surface area (Å²) in [5.74, 6) is -2.27. The van der Waals surface area contributed by atoms with Gasteiger partial charge in [0.1, 0.15) is 12.4 Å². The zero-order chi connectivity index (χ0) is 21.6. The van der Waals surface area contributed by atoms with E-state index in [1.54, 1.807) is 0 Å². The third kappa shape index (κ3) is 3.52. The Balaban J connectivity index is 1.50. The highest BCUT2D eigenvalue weighted by atomic mass is 35.5. The fourth-order valence-corrected chi connectivity index (χ4v) is 3.80. The molecule has 154 valence electrons. The molecule has 1 fully saturated rings. The average Bonchev–Trinajstić information content (AvgIpc) is 3.17. The molecule has 2 aliphatic rings. The third-order valence-electron chi connectivity index (χ3n) is 4.83. The van der Waals surface area contributed by atoms with Crippen LogP contribution in [0.2, 0.25) is 5.02 Å². The van der Waals surface area contributed by atoms with E-state index in [2.05, 4.69) is 15.7 Å². The number of halogens is 2. The van der Waals surface area contributed by atoms with Gasteiger partial charge < -0.3 is 5.32 Å². The molecule has 2 aromatic carbocycles. The van der Waals surface area contributed by atoms with Crippen LogP contribution in [-0.4, -0.2) is 41.4 Å². The van der Waals surface area contributed by atoms with Gasteiger partial charge in [-0.05, 0) is 55.3 Å². The number of anilines is 2. The summed E-state index contributed by atoms with van der Waals surface area (Å²) >= 11 is 5.78. The molecule has 0 saturated carbocycles. The molecule has 2 atom stereocenters. The van der Waals surface area contributed by atoms with Gasteiger partial charge in [-0.1, -0.05) is 22.9 Å². The molecule has 0 spiro atoms. The Morgan fingerprint density at radius 1 is 1.13 bits per heavy atom. The standard InChI is InChI=1S/C20H17ClFN5O3/c1-10-5-11(2)7-12(6-10)23-16(28)9-26-18-17(24-25-26)19(29)27(20(18)30)13-3-4-15(22)14(21)8-13/h3-8,17-18H,9H2,1-2H3,(H,23,28)/t17-,18+/m0/s1. The largest absolute Gasteiger partial charge is 0.324 e. The summed E-state index contributed by atoms with van der Waals surface area (Å²) in [5.41, 5.74) is 2.76. The first-order valence-electron chi connectivity index (χ1n) is 9.13. The van der Waals surface area contributed by atoms with Crippen LogP contribution < -0.4 is 10.2 Å². The molecule has 30 heavy (non-hydrogen) atoms. The number of benzene rings is 2. The monoisotopic (exact) mass is 429 g/mol. The quantitative estimate of drug-likeness (QED) is 0.756. The van der Waals surface area contributed by atoms with Gasteiger partial charge in [0.25, 0.3) is 11.8 Å². The van der Waals surface area contributed by atoms with Crippen molar-refractivity contribution in [2.75, 3.05) is 16.8 Å². The molecule has 2 aliphatic heterocycles. The summed E-state index contributed by atoms with van der Waals surface area (Å²) in [7, 11) is 0. The van der Waals surface area contributed by atoms with E-state index in [-0.39, 0.29) is 17.3 Å². The van der Waals surface area contributed by atoms with Crippen LogP contribution in [-0.2, 0) is 14.4 Å². The van der Waals surface area contributed by atoms with E-state index >= 15 is 0 Å². The average molecular weight is 430 g/mol. The third-order valence-corrected chi connectivity index (χ3v) is 5.12. The molecule has 0 unspecified atom stereocenters. The van der Waals surface area contributed by atoms with Crippen LogP contribution in [0.15, 0.2) is 46.7 Å². The number of imide groups is 1. The Kier molecular flexibility index (Phi) is 4.98. The molecule has 10 heteroatoms. The summed E-state index contributed by atoms with van der Waals surface area (Å²) < 4.78 is 13.4. The smallest absolute Gasteiger partial charge is 0.263 e. The van der Waals surface area contributed by atoms with Gasteiger partial charge in [0.05, 0.1) is 10.7 Å². The van der Waals surface area contributed by atoms with Crippen molar-refractivity contribution >= 4 is 40.7 Å². The van der Waals surface area contributed by atoms with Crippen LogP contribution in [0.3, 0.4) is 0 Å². The van der Waals surface area contributed by atoms with Crippen molar-refractivity contribution in [1.82, 2.24) is 5.01 Å². The van der Waals surface area contributed by atoms with Gasteiger partial charge in [0.2, 0.25) is 5.91 Å². The minimum absolute atomic E-state index is 0.139. The fourth-order valence-electron chi connectivity index (χ4n) is 3.63.